The number of nitrogens with zero attached hydrogens (tertiary/aromatic N) is 2. The van der Waals surface area contributed by atoms with Gasteiger partial charge in [0, 0.05) is 48.9 Å². The lowest BCUT2D eigenvalue weighted by Crippen LogP contribution is -2.57. The number of Topliss-reactive ketones (excluding diaryl/α,β-unsaturated/α-hetero) is 3. The first-order valence-electron chi connectivity index (χ1n) is 26.4. The van der Waals surface area contributed by atoms with Crippen molar-refractivity contribution in [3.8, 4) is 11.5 Å². The summed E-state index contributed by atoms with van der Waals surface area (Å²) in [4.78, 5) is 84.8. The van der Waals surface area contributed by atoms with Crippen LogP contribution in [0.3, 0.4) is 0 Å². The normalized spacial score (nSPS) is 17.5. The summed E-state index contributed by atoms with van der Waals surface area (Å²) >= 11 is 0. The van der Waals surface area contributed by atoms with Crippen LogP contribution in [0.4, 0.5) is 0 Å². The zero-order chi connectivity index (χ0) is 52.7. The number of aryl methyl sites for hydroxylation is 1. The second-order valence-electron chi connectivity index (χ2n) is 22.2. The van der Waals surface area contributed by atoms with E-state index in [9.17, 15) is 28.8 Å². The van der Waals surface area contributed by atoms with Crippen LogP contribution in [0.2, 0.25) is 0 Å². The minimum atomic E-state index is -0.902. The molecular weight excluding hydrogens is 925 g/mol. The van der Waals surface area contributed by atoms with Crippen LogP contribution in [0, 0.1) is 35.0 Å². The summed E-state index contributed by atoms with van der Waals surface area (Å²) in [5.41, 5.74) is 9.15. The molecule has 0 unspecified atom stereocenters. The summed E-state index contributed by atoms with van der Waals surface area (Å²) in [5.74, 6) is -2.41. The Kier molecular flexibility index (Phi) is 20.4. The lowest BCUT2D eigenvalue weighted by molar-refractivity contribution is -0.940. The maximum absolute atomic E-state index is 14.7. The van der Waals surface area contributed by atoms with Crippen molar-refractivity contribution in [1.29, 1.82) is 0 Å². The SMILES string of the molecule is CC(C)C[C@H](NC(=O)[C@H](CCc1ccccc1)CC(=O)C[N+]1(Cc2ccc(OC(=O)C(C)C)c(OCC3=CN(C)NN3)c2)CCOCC1)C(=O)C[C@@H](Cc1ccccc1)C(=O)N[C@@H](CC(C)C)C(=O)C1(C)CC1. The summed E-state index contributed by atoms with van der Waals surface area (Å²) in [7, 11) is 1.85. The van der Waals surface area contributed by atoms with E-state index in [2.05, 4.69) is 21.6 Å². The number of carbonyl (C=O) groups is 6. The van der Waals surface area contributed by atoms with Gasteiger partial charge in [0.1, 0.15) is 32.8 Å². The quantitative estimate of drug-likeness (QED) is 0.0312. The molecule has 3 aromatic rings. The number of hydrogen-bond acceptors (Lipinski definition) is 12. The highest BCUT2D eigenvalue weighted by Gasteiger charge is 2.48. The van der Waals surface area contributed by atoms with Gasteiger partial charge in [-0.05, 0) is 86.1 Å². The van der Waals surface area contributed by atoms with Gasteiger partial charge in [0.2, 0.25) is 11.8 Å². The maximum atomic E-state index is 14.7. The van der Waals surface area contributed by atoms with Crippen molar-refractivity contribution in [1.82, 2.24) is 26.6 Å². The van der Waals surface area contributed by atoms with Gasteiger partial charge in [-0.2, -0.15) is 0 Å². The number of amides is 2. The Bertz CT molecular complexity index is 2380. The number of hydrogen-bond donors (Lipinski definition) is 4. The van der Waals surface area contributed by atoms with E-state index in [4.69, 9.17) is 14.2 Å². The molecule has 15 nitrogen and oxygen atoms in total. The topological polar surface area (TPSA) is 181 Å². The summed E-state index contributed by atoms with van der Waals surface area (Å²) in [6, 6.07) is 23.3. The van der Waals surface area contributed by atoms with E-state index in [0.29, 0.717) is 74.5 Å². The molecule has 4 atom stereocenters. The second kappa shape index (κ2) is 26.4. The number of nitrogens with one attached hydrogen (secondary N) is 4. The third kappa shape index (κ3) is 17.4. The number of ketones is 3. The Morgan fingerprint density at radius 2 is 1.37 bits per heavy atom. The largest absolute Gasteiger partial charge is 0.483 e. The fourth-order valence-corrected chi connectivity index (χ4v) is 9.70. The molecule has 396 valence electrons. The van der Waals surface area contributed by atoms with Crippen molar-refractivity contribution in [2.24, 2.45) is 35.0 Å². The number of quaternary nitrogens is 1. The Hall–Kier alpha value is -5.90. The Morgan fingerprint density at radius 1 is 0.753 bits per heavy atom. The molecule has 15 heteroatoms. The molecule has 0 spiro atoms. The number of morpholine rings is 1. The van der Waals surface area contributed by atoms with Gasteiger partial charge in [-0.3, -0.25) is 33.8 Å². The fraction of sp³-hybridized carbons (Fsp3) is 0.552. The summed E-state index contributed by atoms with van der Waals surface area (Å²) in [6.45, 7) is 16.4. The smallest absolute Gasteiger partial charge is 0.313 e. The Labute approximate surface area is 433 Å². The standard InChI is InChI=1S/C58H80N6O9/c1-39(2)29-49(51(66)34-46(31-43-17-13-10-14-18-43)56(69)60-50(30-40(3)4)54(67)58(7)23-24-58)59-55(68)45(21-19-42-15-11-9-12-16-42)33-48(65)37-64(25-27-71-28-26-64)36-44-20-22-52(73-57(70)41(5)6)53(32-44)72-38-47-35-63(8)62-61-47/h9-18,20,22,32,35,39-41,45-46,49-50,61-62H,19,21,23-31,33-34,36-38H2,1-8H3,(H-,59,60,68,69)/p+1/t45-,46-,49+,50+/m1/s1. The molecule has 3 aromatic carbocycles. The molecule has 1 saturated carbocycles. The van der Waals surface area contributed by atoms with Gasteiger partial charge in [0.15, 0.2) is 28.8 Å². The van der Waals surface area contributed by atoms with Crippen molar-refractivity contribution in [2.75, 3.05) is 46.5 Å². The predicted molar refractivity (Wildman–Crippen MR) is 280 cm³/mol. The molecule has 2 fully saturated rings. The average molecular weight is 1010 g/mol. The molecule has 6 rings (SSSR count). The van der Waals surface area contributed by atoms with Gasteiger partial charge in [-0.1, -0.05) is 109 Å². The van der Waals surface area contributed by atoms with E-state index in [1.807, 2.05) is 121 Å². The third-order valence-corrected chi connectivity index (χ3v) is 14.2. The first-order valence-corrected chi connectivity index (χ1v) is 26.4. The number of benzene rings is 3. The number of rotatable bonds is 29. The zero-order valence-corrected chi connectivity index (χ0v) is 44.5. The monoisotopic (exact) mass is 1010 g/mol. The van der Waals surface area contributed by atoms with Gasteiger partial charge >= 0.3 is 5.97 Å². The van der Waals surface area contributed by atoms with Crippen LogP contribution in [-0.2, 0) is 52.9 Å². The van der Waals surface area contributed by atoms with Gasteiger partial charge in [0.05, 0.1) is 36.9 Å². The van der Waals surface area contributed by atoms with Gasteiger partial charge < -0.3 is 34.8 Å². The zero-order valence-electron chi connectivity index (χ0n) is 44.5. The van der Waals surface area contributed by atoms with Crippen molar-refractivity contribution in [3.63, 3.8) is 0 Å². The van der Waals surface area contributed by atoms with E-state index in [1.165, 1.54) is 0 Å². The molecule has 2 aliphatic heterocycles. The minimum absolute atomic E-state index is 0.0236. The number of hydrazine groups is 2. The van der Waals surface area contributed by atoms with Crippen molar-refractivity contribution >= 4 is 35.1 Å². The van der Waals surface area contributed by atoms with Crippen LogP contribution in [0.1, 0.15) is 110 Å². The molecule has 4 N–H and O–H groups in total. The van der Waals surface area contributed by atoms with Gasteiger partial charge in [-0.25, -0.2) is 0 Å². The van der Waals surface area contributed by atoms with Crippen LogP contribution >= 0.6 is 0 Å². The molecule has 0 bridgehead atoms. The van der Waals surface area contributed by atoms with Crippen molar-refractivity contribution in [2.45, 2.75) is 125 Å². The van der Waals surface area contributed by atoms with Crippen molar-refractivity contribution in [3.05, 3.63) is 107 Å². The molecule has 1 aliphatic carbocycles. The van der Waals surface area contributed by atoms with Gasteiger partial charge in [0.25, 0.3) is 0 Å². The Balaban J connectivity index is 1.21. The van der Waals surface area contributed by atoms with Crippen molar-refractivity contribution < 1.29 is 47.5 Å². The van der Waals surface area contributed by atoms with E-state index in [0.717, 1.165) is 35.2 Å². The maximum Gasteiger partial charge on any atom is 0.313 e. The van der Waals surface area contributed by atoms with Gasteiger partial charge in [-0.15, -0.1) is 5.53 Å². The minimum Gasteiger partial charge on any atom is -0.483 e. The number of carbonyl (C=O) groups excluding carboxylic acids is 6. The molecule has 1 saturated heterocycles. The molecule has 73 heavy (non-hydrogen) atoms. The summed E-state index contributed by atoms with van der Waals surface area (Å²) < 4.78 is 18.2. The van der Waals surface area contributed by atoms with Crippen LogP contribution < -0.4 is 31.1 Å². The van der Waals surface area contributed by atoms with E-state index < -0.39 is 29.3 Å². The lowest BCUT2D eigenvalue weighted by Gasteiger charge is -2.41. The highest BCUT2D eigenvalue weighted by molar-refractivity contribution is 5.97. The van der Waals surface area contributed by atoms with Crippen LogP contribution in [0.25, 0.3) is 0 Å². The lowest BCUT2D eigenvalue weighted by atomic mass is 9.87. The van der Waals surface area contributed by atoms with Crippen LogP contribution in [0.15, 0.2) is 90.8 Å². The van der Waals surface area contributed by atoms with Crippen LogP contribution in [0.5, 0.6) is 11.5 Å². The first kappa shape index (κ1) is 56.4. The number of esters is 1. The molecular formula is C58H81N6O9+. The molecule has 2 heterocycles. The van der Waals surface area contributed by atoms with E-state index >= 15 is 0 Å². The van der Waals surface area contributed by atoms with Crippen LogP contribution in [-0.4, -0.2) is 103 Å². The summed E-state index contributed by atoms with van der Waals surface area (Å²) in [6.07, 6.45) is 5.34. The first-order chi connectivity index (χ1) is 34.8. The number of ether oxygens (including phenoxy) is 3. The fourth-order valence-electron chi connectivity index (χ4n) is 9.70. The Morgan fingerprint density at radius 3 is 1.97 bits per heavy atom. The highest BCUT2D eigenvalue weighted by Crippen LogP contribution is 2.47. The summed E-state index contributed by atoms with van der Waals surface area (Å²) in [5, 5.41) is 7.96. The van der Waals surface area contributed by atoms with E-state index in [-0.39, 0.29) is 85.3 Å². The molecule has 2 amide bonds. The molecule has 0 radical (unpaired) electrons. The molecule has 0 aromatic heterocycles. The second-order valence-corrected chi connectivity index (χ2v) is 22.2. The molecule has 3 aliphatic rings. The predicted octanol–water partition coefficient (Wildman–Crippen LogP) is 7.23. The van der Waals surface area contributed by atoms with E-state index in [1.54, 1.807) is 24.9 Å². The average Bonchev–Trinajstić information content (AvgIpc) is 3.97. The third-order valence-electron chi connectivity index (χ3n) is 14.2. The highest BCUT2D eigenvalue weighted by atomic mass is 16.6.